The fourth-order valence-electron chi connectivity index (χ4n) is 6.42. The summed E-state index contributed by atoms with van der Waals surface area (Å²) in [5.74, 6) is -4.66. The van der Waals surface area contributed by atoms with Gasteiger partial charge in [-0.15, -0.1) is 0 Å². The molecule has 3 aliphatic carbocycles. The van der Waals surface area contributed by atoms with E-state index in [1.54, 1.807) is 16.7 Å². The van der Waals surface area contributed by atoms with Gasteiger partial charge in [0.25, 0.3) is 23.3 Å². The third-order valence-electron chi connectivity index (χ3n) is 9.72. The van der Waals surface area contributed by atoms with Gasteiger partial charge >= 0.3 is 0 Å². The standard InChI is InChI=1S/C35H35F3N6O3/c1-19(22-3-2-4-22)40-15-21-10-27(34(47)44(16-21)25-7-8-25)32(45)42-30-13-24(12-29(41-30)23-5-6-23)31-26(9-20(14-39)11-28(31)36)33(46)43-17-35(37,38)18-43/h9-13,16,19,22-23,25,40H,2-8,15,17-18H2,1H3,(H,41,42,45)/t19-/m0/s1. The number of anilines is 1. The number of nitrogens with zero attached hydrogens (tertiary/aromatic N) is 4. The van der Waals surface area contributed by atoms with E-state index < -0.39 is 42.2 Å². The summed E-state index contributed by atoms with van der Waals surface area (Å²) in [6, 6.07) is 8.97. The number of carbonyl (C=O) groups is 2. The Hall–Kier alpha value is -4.50. The number of hydrogen-bond acceptors (Lipinski definition) is 6. The van der Waals surface area contributed by atoms with Gasteiger partial charge in [0.05, 0.1) is 30.3 Å². The highest BCUT2D eigenvalue weighted by Crippen LogP contribution is 2.42. The van der Waals surface area contributed by atoms with Crippen molar-refractivity contribution in [3.8, 4) is 17.2 Å². The van der Waals surface area contributed by atoms with E-state index in [1.807, 2.05) is 12.3 Å². The molecule has 0 radical (unpaired) electrons. The number of likely N-dealkylation sites (tertiary alicyclic amines) is 1. The van der Waals surface area contributed by atoms with E-state index in [4.69, 9.17) is 0 Å². The number of alkyl halides is 2. The van der Waals surface area contributed by atoms with Crippen LogP contribution in [0.3, 0.4) is 0 Å². The number of amides is 2. The molecule has 3 heterocycles. The van der Waals surface area contributed by atoms with Gasteiger partial charge < -0.3 is 20.1 Å². The van der Waals surface area contributed by atoms with Crippen LogP contribution in [0.1, 0.15) is 101 Å². The monoisotopic (exact) mass is 644 g/mol. The van der Waals surface area contributed by atoms with Gasteiger partial charge in [-0.1, -0.05) is 6.42 Å². The Morgan fingerprint density at radius 2 is 1.81 bits per heavy atom. The maximum absolute atomic E-state index is 15.7. The Labute approximate surface area is 269 Å². The molecule has 244 valence electrons. The number of nitriles is 1. The van der Waals surface area contributed by atoms with Crippen LogP contribution in [-0.2, 0) is 6.54 Å². The highest BCUT2D eigenvalue weighted by molar-refractivity contribution is 6.05. The minimum atomic E-state index is -3.03. The van der Waals surface area contributed by atoms with Crippen molar-refractivity contribution in [1.82, 2.24) is 19.8 Å². The van der Waals surface area contributed by atoms with Crippen LogP contribution in [0, 0.1) is 23.1 Å². The van der Waals surface area contributed by atoms with Gasteiger partial charge in [0, 0.05) is 42.0 Å². The number of aromatic nitrogens is 2. The molecule has 4 fully saturated rings. The Kier molecular flexibility index (Phi) is 7.91. The van der Waals surface area contributed by atoms with Gasteiger partial charge in [0.15, 0.2) is 0 Å². The summed E-state index contributed by atoms with van der Waals surface area (Å²) in [5, 5.41) is 15.7. The normalized spacial score (nSPS) is 19.3. The van der Waals surface area contributed by atoms with Crippen molar-refractivity contribution in [1.29, 1.82) is 5.26 Å². The Bertz CT molecular complexity index is 1870. The van der Waals surface area contributed by atoms with E-state index in [-0.39, 0.29) is 45.6 Å². The van der Waals surface area contributed by atoms with Crippen molar-refractivity contribution in [3.63, 3.8) is 0 Å². The highest BCUT2D eigenvalue weighted by atomic mass is 19.3. The molecule has 3 aromatic rings. The van der Waals surface area contributed by atoms with Crippen LogP contribution in [0.4, 0.5) is 19.0 Å². The molecule has 1 saturated heterocycles. The topological polar surface area (TPSA) is 120 Å². The molecule has 4 aliphatic rings. The first-order valence-electron chi connectivity index (χ1n) is 16.2. The zero-order valence-electron chi connectivity index (χ0n) is 26.0. The van der Waals surface area contributed by atoms with E-state index in [9.17, 15) is 28.4 Å². The summed E-state index contributed by atoms with van der Waals surface area (Å²) >= 11 is 0. The summed E-state index contributed by atoms with van der Waals surface area (Å²) in [4.78, 5) is 46.0. The average molecular weight is 645 g/mol. The first-order chi connectivity index (χ1) is 22.5. The molecule has 0 bridgehead atoms. The third-order valence-corrected chi connectivity index (χ3v) is 9.72. The summed E-state index contributed by atoms with van der Waals surface area (Å²) < 4.78 is 44.6. The molecule has 9 nitrogen and oxygen atoms in total. The summed E-state index contributed by atoms with van der Waals surface area (Å²) in [5.41, 5.74) is 0.605. The molecule has 1 aliphatic heterocycles. The second-order valence-electron chi connectivity index (χ2n) is 13.5. The molecule has 1 aromatic carbocycles. The molecule has 3 saturated carbocycles. The van der Waals surface area contributed by atoms with E-state index in [2.05, 4.69) is 22.5 Å². The van der Waals surface area contributed by atoms with Crippen molar-refractivity contribution in [2.75, 3.05) is 18.4 Å². The molecule has 2 aromatic heterocycles. The zero-order valence-corrected chi connectivity index (χ0v) is 26.0. The molecule has 2 amide bonds. The number of carbonyl (C=O) groups excluding carboxylic acids is 2. The number of pyridine rings is 2. The quantitative estimate of drug-likeness (QED) is 0.290. The number of hydrogen-bond donors (Lipinski definition) is 2. The van der Waals surface area contributed by atoms with Crippen LogP contribution in [0.2, 0.25) is 0 Å². The molecule has 0 unspecified atom stereocenters. The molecule has 47 heavy (non-hydrogen) atoms. The molecule has 0 spiro atoms. The van der Waals surface area contributed by atoms with Gasteiger partial charge in [-0.3, -0.25) is 14.4 Å². The minimum Gasteiger partial charge on any atom is -0.326 e. The first kappa shape index (κ1) is 31.1. The highest BCUT2D eigenvalue weighted by Gasteiger charge is 2.47. The molecule has 2 N–H and O–H groups in total. The largest absolute Gasteiger partial charge is 0.326 e. The maximum Gasteiger partial charge on any atom is 0.282 e. The zero-order chi connectivity index (χ0) is 33.0. The summed E-state index contributed by atoms with van der Waals surface area (Å²) in [6.07, 6.45) is 8.81. The van der Waals surface area contributed by atoms with E-state index in [0.717, 1.165) is 42.2 Å². The predicted octanol–water partition coefficient (Wildman–Crippen LogP) is 5.75. The Balaban J connectivity index is 1.22. The van der Waals surface area contributed by atoms with E-state index >= 15 is 4.39 Å². The number of nitrogens with one attached hydrogen (secondary N) is 2. The van der Waals surface area contributed by atoms with Crippen LogP contribution >= 0.6 is 0 Å². The number of halogens is 3. The van der Waals surface area contributed by atoms with Crippen molar-refractivity contribution in [2.24, 2.45) is 5.92 Å². The molecule has 7 rings (SSSR count). The van der Waals surface area contributed by atoms with Crippen molar-refractivity contribution >= 4 is 17.6 Å². The fraction of sp³-hybridized carbons (Fsp3) is 0.457. The second-order valence-corrected chi connectivity index (χ2v) is 13.5. The number of benzene rings is 1. The van der Waals surface area contributed by atoms with Crippen LogP contribution in [0.5, 0.6) is 0 Å². The van der Waals surface area contributed by atoms with Crippen LogP contribution in [0.15, 0.2) is 41.3 Å². The van der Waals surface area contributed by atoms with Crippen molar-refractivity contribution in [2.45, 2.75) is 82.3 Å². The maximum atomic E-state index is 15.7. The molecular weight excluding hydrogens is 609 g/mol. The lowest BCUT2D eigenvalue weighted by Gasteiger charge is -2.39. The van der Waals surface area contributed by atoms with E-state index in [0.29, 0.717) is 24.2 Å². The van der Waals surface area contributed by atoms with Gasteiger partial charge in [-0.05, 0) is 92.8 Å². The van der Waals surface area contributed by atoms with Gasteiger partial charge in [0.1, 0.15) is 17.2 Å². The molecule has 1 atom stereocenters. The minimum absolute atomic E-state index is 0.0354. The third kappa shape index (κ3) is 6.41. The van der Waals surface area contributed by atoms with Crippen molar-refractivity contribution in [3.05, 3.63) is 80.6 Å². The Morgan fingerprint density at radius 3 is 2.43 bits per heavy atom. The van der Waals surface area contributed by atoms with Crippen LogP contribution in [0.25, 0.3) is 11.1 Å². The molecular formula is C35H35F3N6O3. The predicted molar refractivity (Wildman–Crippen MR) is 168 cm³/mol. The lowest BCUT2D eigenvalue weighted by atomic mass is 9.80. The number of rotatable bonds is 10. The second kappa shape index (κ2) is 11.9. The first-order valence-corrected chi connectivity index (χ1v) is 16.2. The van der Waals surface area contributed by atoms with Gasteiger partial charge in [0.2, 0.25) is 0 Å². The average Bonchev–Trinajstić information content (AvgIpc) is 3.91. The van der Waals surface area contributed by atoms with Gasteiger partial charge in [-0.25, -0.2) is 18.2 Å². The lowest BCUT2D eigenvalue weighted by Crippen LogP contribution is -2.58. The smallest absolute Gasteiger partial charge is 0.282 e. The molecule has 12 heteroatoms. The Morgan fingerprint density at radius 1 is 1.06 bits per heavy atom. The summed E-state index contributed by atoms with van der Waals surface area (Å²) in [7, 11) is 0. The van der Waals surface area contributed by atoms with Crippen LogP contribution in [-0.4, -0.2) is 51.3 Å². The lowest BCUT2D eigenvalue weighted by molar-refractivity contribution is -0.113. The summed E-state index contributed by atoms with van der Waals surface area (Å²) in [6.45, 7) is 1.05. The van der Waals surface area contributed by atoms with Gasteiger partial charge in [-0.2, -0.15) is 5.26 Å². The van der Waals surface area contributed by atoms with Crippen LogP contribution < -0.4 is 16.2 Å². The SMILES string of the molecule is C[C@H](NCc1cc(C(=O)Nc2cc(-c3c(F)cc(C#N)cc3C(=O)N3CC(F)(F)C3)cc(C3CC3)n2)c(=O)n(C2CC2)c1)C1CCC1. The van der Waals surface area contributed by atoms with Crippen molar-refractivity contribution < 1.29 is 22.8 Å². The fourth-order valence-corrected chi connectivity index (χ4v) is 6.42. The van der Waals surface area contributed by atoms with E-state index in [1.165, 1.54) is 31.4 Å².